The number of rotatable bonds is 6. The van der Waals surface area contributed by atoms with E-state index in [1.54, 1.807) is 7.11 Å². The van der Waals surface area contributed by atoms with Crippen LogP contribution in [0.15, 0.2) is 48.5 Å². The molecule has 2 aromatic rings. The molecule has 6 nitrogen and oxygen atoms in total. The van der Waals surface area contributed by atoms with Gasteiger partial charge in [-0.15, -0.1) is 0 Å². The van der Waals surface area contributed by atoms with Gasteiger partial charge in [0.15, 0.2) is 0 Å². The van der Waals surface area contributed by atoms with Crippen LogP contribution in [0.3, 0.4) is 0 Å². The van der Waals surface area contributed by atoms with E-state index < -0.39 is 17.6 Å². The number of ether oxygens (including phenoxy) is 2. The van der Waals surface area contributed by atoms with Crippen LogP contribution in [0.5, 0.6) is 0 Å². The number of nitrogens with zero attached hydrogens (tertiary/aromatic N) is 1. The molecule has 30 heavy (non-hydrogen) atoms. The molecular weight excluding hydrogens is 382 g/mol. The molecule has 1 N–H and O–H groups in total. The van der Waals surface area contributed by atoms with Gasteiger partial charge in [-0.2, -0.15) is 0 Å². The van der Waals surface area contributed by atoms with Crippen LogP contribution in [0, 0.1) is 0 Å². The first kappa shape index (κ1) is 19.1. The molecule has 0 spiro atoms. The third kappa shape index (κ3) is 2.89. The fourth-order valence-corrected chi connectivity index (χ4v) is 5.00. The number of carboxylic acids is 1. The standard InChI is InChI=1S/C24H25NO5/c1-29-16-12-24(13-16,22(26)27)25(15-10-11-15)23(28)30-14-21-19-8-4-2-6-17(19)18-7-3-5-9-20(18)21/h2-9,15-16,21H,10-14H2,1H3,(H,26,27). The lowest BCUT2D eigenvalue weighted by Gasteiger charge is -2.49. The average molecular weight is 407 g/mol. The molecule has 0 bridgehead atoms. The average Bonchev–Trinajstić information content (AvgIpc) is 3.50. The maximum atomic E-state index is 13.1. The van der Waals surface area contributed by atoms with E-state index in [0.717, 1.165) is 35.1 Å². The van der Waals surface area contributed by atoms with Crippen LogP contribution in [0.2, 0.25) is 0 Å². The molecule has 1 amide bonds. The molecule has 0 atom stereocenters. The van der Waals surface area contributed by atoms with E-state index >= 15 is 0 Å². The third-order valence-corrected chi connectivity index (χ3v) is 6.77. The maximum absolute atomic E-state index is 13.1. The highest BCUT2D eigenvalue weighted by atomic mass is 16.6. The first-order chi connectivity index (χ1) is 14.5. The van der Waals surface area contributed by atoms with Crippen molar-refractivity contribution in [3.05, 3.63) is 59.7 Å². The molecule has 3 aliphatic carbocycles. The fourth-order valence-electron chi connectivity index (χ4n) is 5.00. The summed E-state index contributed by atoms with van der Waals surface area (Å²) in [5.41, 5.74) is 3.39. The molecule has 0 heterocycles. The summed E-state index contributed by atoms with van der Waals surface area (Å²) in [4.78, 5) is 26.8. The van der Waals surface area contributed by atoms with Gasteiger partial charge in [0.25, 0.3) is 0 Å². The number of hydrogen-bond acceptors (Lipinski definition) is 4. The first-order valence-electron chi connectivity index (χ1n) is 10.5. The van der Waals surface area contributed by atoms with E-state index in [1.165, 1.54) is 4.90 Å². The summed E-state index contributed by atoms with van der Waals surface area (Å²) in [6.45, 7) is 0.194. The number of carbonyl (C=O) groups excluding carboxylic acids is 1. The highest BCUT2D eigenvalue weighted by Crippen LogP contribution is 2.47. The minimum absolute atomic E-state index is 0.0451. The van der Waals surface area contributed by atoms with Crippen LogP contribution in [-0.4, -0.2) is 53.5 Å². The Morgan fingerprint density at radius 3 is 2.10 bits per heavy atom. The summed E-state index contributed by atoms with van der Waals surface area (Å²) in [5.74, 6) is -1.02. The Labute approximate surface area is 175 Å². The van der Waals surface area contributed by atoms with E-state index in [1.807, 2.05) is 24.3 Å². The molecule has 2 aromatic carbocycles. The molecule has 0 aliphatic heterocycles. The van der Waals surface area contributed by atoms with Crippen molar-refractivity contribution in [2.75, 3.05) is 13.7 Å². The van der Waals surface area contributed by atoms with Crippen LogP contribution in [0.25, 0.3) is 11.1 Å². The van der Waals surface area contributed by atoms with Crippen LogP contribution in [0.4, 0.5) is 4.79 Å². The largest absolute Gasteiger partial charge is 0.479 e. The molecular formula is C24H25NO5. The molecule has 0 radical (unpaired) electrons. The van der Waals surface area contributed by atoms with Gasteiger partial charge in [-0.25, -0.2) is 9.59 Å². The zero-order chi connectivity index (χ0) is 20.9. The number of amides is 1. The molecule has 2 saturated carbocycles. The smallest absolute Gasteiger partial charge is 0.411 e. The lowest BCUT2D eigenvalue weighted by Crippen LogP contribution is -2.67. The van der Waals surface area contributed by atoms with Gasteiger partial charge in [0, 0.05) is 31.9 Å². The summed E-state index contributed by atoms with van der Waals surface area (Å²) in [5, 5.41) is 9.93. The molecule has 0 aromatic heterocycles. The van der Waals surface area contributed by atoms with Crippen molar-refractivity contribution in [2.24, 2.45) is 0 Å². The molecule has 0 saturated heterocycles. The molecule has 2 fully saturated rings. The predicted octanol–water partition coefficient (Wildman–Crippen LogP) is 4.03. The van der Waals surface area contributed by atoms with Gasteiger partial charge in [-0.1, -0.05) is 48.5 Å². The second-order valence-electron chi connectivity index (χ2n) is 8.51. The van der Waals surface area contributed by atoms with Crippen molar-refractivity contribution in [1.29, 1.82) is 0 Å². The molecule has 5 rings (SSSR count). The monoisotopic (exact) mass is 407 g/mol. The predicted molar refractivity (Wildman–Crippen MR) is 110 cm³/mol. The van der Waals surface area contributed by atoms with Crippen LogP contribution >= 0.6 is 0 Å². The number of hydrogen-bond donors (Lipinski definition) is 1. The summed E-state index contributed by atoms with van der Waals surface area (Å²) < 4.78 is 11.1. The van der Waals surface area contributed by atoms with Gasteiger partial charge in [-0.05, 0) is 35.1 Å². The number of methoxy groups -OCH3 is 1. The number of carboxylic acid groups (broad SMARTS) is 1. The second kappa shape index (κ2) is 7.13. The number of carbonyl (C=O) groups is 2. The van der Waals surface area contributed by atoms with Gasteiger partial charge in [-0.3, -0.25) is 4.90 Å². The highest BCUT2D eigenvalue weighted by Gasteiger charge is 2.60. The summed E-state index contributed by atoms with van der Waals surface area (Å²) in [6.07, 6.45) is 1.58. The molecule has 0 unspecified atom stereocenters. The maximum Gasteiger partial charge on any atom is 0.411 e. The third-order valence-electron chi connectivity index (χ3n) is 6.77. The lowest BCUT2D eigenvalue weighted by molar-refractivity contribution is -0.169. The van der Waals surface area contributed by atoms with Gasteiger partial charge in [0.05, 0.1) is 6.10 Å². The minimum Gasteiger partial charge on any atom is -0.479 e. The van der Waals surface area contributed by atoms with Crippen molar-refractivity contribution in [1.82, 2.24) is 4.90 Å². The SMILES string of the molecule is COC1CC(C(=O)O)(N(C(=O)OCC2c3ccccc3-c3ccccc32)C2CC2)C1. The van der Waals surface area contributed by atoms with Crippen LogP contribution in [-0.2, 0) is 14.3 Å². The summed E-state index contributed by atoms with van der Waals surface area (Å²) in [7, 11) is 1.57. The van der Waals surface area contributed by atoms with Gasteiger partial charge in [0.1, 0.15) is 12.1 Å². The topological polar surface area (TPSA) is 76.1 Å². The zero-order valence-corrected chi connectivity index (χ0v) is 16.9. The van der Waals surface area contributed by atoms with Crippen LogP contribution < -0.4 is 0 Å². The van der Waals surface area contributed by atoms with Crippen molar-refractivity contribution >= 4 is 12.1 Å². The van der Waals surface area contributed by atoms with Crippen molar-refractivity contribution in [3.8, 4) is 11.1 Å². The van der Waals surface area contributed by atoms with Gasteiger partial charge in [0.2, 0.25) is 0 Å². The van der Waals surface area contributed by atoms with Crippen molar-refractivity contribution in [2.45, 2.75) is 49.3 Å². The van der Waals surface area contributed by atoms with Crippen molar-refractivity contribution in [3.63, 3.8) is 0 Å². The van der Waals surface area contributed by atoms with E-state index in [0.29, 0.717) is 12.8 Å². The van der Waals surface area contributed by atoms with Crippen molar-refractivity contribution < 1.29 is 24.2 Å². The van der Waals surface area contributed by atoms with E-state index in [4.69, 9.17) is 9.47 Å². The Hall–Kier alpha value is -2.86. The van der Waals surface area contributed by atoms with E-state index in [9.17, 15) is 14.7 Å². The zero-order valence-electron chi connectivity index (χ0n) is 16.9. The number of fused-ring (bicyclic) bond motifs is 3. The van der Waals surface area contributed by atoms with Gasteiger partial charge >= 0.3 is 12.1 Å². The Bertz CT molecular complexity index is 947. The Kier molecular flexibility index (Phi) is 4.54. The van der Waals surface area contributed by atoms with Gasteiger partial charge < -0.3 is 14.6 Å². The Morgan fingerprint density at radius 1 is 1.03 bits per heavy atom. The molecule has 156 valence electrons. The lowest BCUT2D eigenvalue weighted by atomic mass is 9.72. The number of aliphatic carboxylic acids is 1. The highest BCUT2D eigenvalue weighted by molar-refractivity contribution is 5.86. The summed E-state index contributed by atoms with van der Waals surface area (Å²) in [6, 6.07) is 16.3. The molecule has 6 heteroatoms. The number of benzene rings is 2. The quantitative estimate of drug-likeness (QED) is 0.782. The minimum atomic E-state index is -1.22. The molecule has 3 aliphatic rings. The van der Waals surface area contributed by atoms with Crippen LogP contribution in [0.1, 0.15) is 42.7 Å². The first-order valence-corrected chi connectivity index (χ1v) is 10.5. The normalized spacial score (nSPS) is 24.5. The van der Waals surface area contributed by atoms with E-state index in [2.05, 4.69) is 24.3 Å². The Balaban J connectivity index is 1.37. The fraction of sp³-hybridized carbons (Fsp3) is 0.417. The summed E-state index contributed by atoms with van der Waals surface area (Å²) >= 11 is 0. The van der Waals surface area contributed by atoms with E-state index in [-0.39, 0.29) is 24.7 Å². The second-order valence-corrected chi connectivity index (χ2v) is 8.51. The Morgan fingerprint density at radius 2 is 1.60 bits per heavy atom.